The molecule has 1 aliphatic rings. The minimum Gasteiger partial charge on any atom is -0.446 e. The fourth-order valence-corrected chi connectivity index (χ4v) is 2.26. The maximum atomic E-state index is 11.8. The summed E-state index contributed by atoms with van der Waals surface area (Å²) in [4.78, 5) is 23.3. The molecule has 6 nitrogen and oxygen atoms in total. The first-order valence-electron chi connectivity index (χ1n) is 6.92. The summed E-state index contributed by atoms with van der Waals surface area (Å²) in [7, 11) is 0. The van der Waals surface area contributed by atoms with Crippen molar-refractivity contribution in [3.63, 3.8) is 0 Å². The van der Waals surface area contributed by atoms with E-state index < -0.39 is 11.0 Å². The molecule has 2 aromatic rings. The molecule has 6 heteroatoms. The predicted octanol–water partition coefficient (Wildman–Crippen LogP) is 3.10. The standard InChI is InChI=1S/C17H12N2O4/c20-17-18(16(12-23-17)14-4-2-1-3-5-14)11-10-13-6-8-15(9-7-13)19(21)22/h1-9,16H,12H2/t16-/m1/s1. The Bertz CT molecular complexity index is 791. The van der Waals surface area contributed by atoms with Gasteiger partial charge < -0.3 is 4.74 Å². The molecular weight excluding hydrogens is 296 g/mol. The summed E-state index contributed by atoms with van der Waals surface area (Å²) >= 11 is 0. The third-order valence-corrected chi connectivity index (χ3v) is 3.46. The van der Waals surface area contributed by atoms with Crippen LogP contribution in [0.25, 0.3) is 0 Å². The summed E-state index contributed by atoms with van der Waals surface area (Å²) in [6.45, 7) is 0.248. The fourth-order valence-electron chi connectivity index (χ4n) is 2.26. The molecule has 1 saturated heterocycles. The lowest BCUT2D eigenvalue weighted by atomic mass is 10.1. The summed E-state index contributed by atoms with van der Waals surface area (Å²) in [5, 5.41) is 10.6. The molecule has 0 N–H and O–H groups in total. The van der Waals surface area contributed by atoms with Crippen LogP contribution in [0.5, 0.6) is 0 Å². The first kappa shape index (κ1) is 14.6. The zero-order chi connectivity index (χ0) is 16.2. The average molecular weight is 308 g/mol. The summed E-state index contributed by atoms with van der Waals surface area (Å²) < 4.78 is 5.07. The Morgan fingerprint density at radius 2 is 1.83 bits per heavy atom. The van der Waals surface area contributed by atoms with Crippen molar-refractivity contribution in [1.82, 2.24) is 4.90 Å². The van der Waals surface area contributed by atoms with Crippen molar-refractivity contribution < 1.29 is 14.5 Å². The Hall–Kier alpha value is -3.33. The highest BCUT2D eigenvalue weighted by Gasteiger charge is 2.33. The van der Waals surface area contributed by atoms with E-state index in [4.69, 9.17) is 4.74 Å². The molecular formula is C17H12N2O4. The van der Waals surface area contributed by atoms with Crippen molar-refractivity contribution in [2.75, 3.05) is 6.61 Å². The minimum atomic E-state index is -0.492. The number of carbonyl (C=O) groups excluding carboxylic acids is 1. The van der Waals surface area contributed by atoms with Crippen LogP contribution in [-0.2, 0) is 4.74 Å². The summed E-state index contributed by atoms with van der Waals surface area (Å²) in [6.07, 6.45) is -0.492. The molecule has 1 atom stereocenters. The van der Waals surface area contributed by atoms with Gasteiger partial charge in [0.2, 0.25) is 0 Å². The van der Waals surface area contributed by atoms with Crippen LogP contribution >= 0.6 is 0 Å². The molecule has 1 fully saturated rings. The number of ether oxygens (including phenoxy) is 1. The SMILES string of the molecule is O=C1OC[C@H](c2ccccc2)N1C#Cc1ccc([N+](=O)[O-])cc1. The number of hydrogen-bond donors (Lipinski definition) is 0. The molecule has 0 aliphatic carbocycles. The van der Waals surface area contributed by atoms with Crippen molar-refractivity contribution in [2.45, 2.75) is 6.04 Å². The normalized spacial score (nSPS) is 16.4. The van der Waals surface area contributed by atoms with Gasteiger partial charge in [0, 0.05) is 23.7 Å². The van der Waals surface area contributed by atoms with Gasteiger partial charge in [-0.25, -0.2) is 9.69 Å². The quantitative estimate of drug-likeness (QED) is 0.485. The van der Waals surface area contributed by atoms with Crippen molar-refractivity contribution in [2.24, 2.45) is 0 Å². The molecule has 23 heavy (non-hydrogen) atoms. The van der Waals surface area contributed by atoms with Crippen molar-refractivity contribution >= 4 is 11.8 Å². The van der Waals surface area contributed by atoms with E-state index in [2.05, 4.69) is 12.0 Å². The molecule has 0 bridgehead atoms. The second kappa shape index (κ2) is 6.20. The molecule has 2 aromatic carbocycles. The van der Waals surface area contributed by atoms with Crippen LogP contribution in [0.1, 0.15) is 17.2 Å². The Balaban J connectivity index is 1.83. The average Bonchev–Trinajstić information content (AvgIpc) is 2.95. The predicted molar refractivity (Wildman–Crippen MR) is 82.3 cm³/mol. The number of nitrogens with zero attached hydrogens (tertiary/aromatic N) is 2. The number of benzene rings is 2. The molecule has 114 valence electrons. The summed E-state index contributed by atoms with van der Waals surface area (Å²) in [5.41, 5.74) is 1.52. The highest BCUT2D eigenvalue weighted by atomic mass is 16.6. The lowest BCUT2D eigenvalue weighted by Gasteiger charge is -2.14. The van der Waals surface area contributed by atoms with Crippen molar-refractivity contribution in [3.8, 4) is 12.0 Å². The number of nitro groups is 1. The maximum absolute atomic E-state index is 11.8. The molecule has 0 radical (unpaired) electrons. The van der Waals surface area contributed by atoms with E-state index in [9.17, 15) is 14.9 Å². The van der Waals surface area contributed by atoms with Gasteiger partial charge in [-0.3, -0.25) is 10.1 Å². The highest BCUT2D eigenvalue weighted by molar-refractivity contribution is 5.73. The Labute approximate surface area is 132 Å². The first-order valence-corrected chi connectivity index (χ1v) is 6.92. The Morgan fingerprint density at radius 1 is 1.13 bits per heavy atom. The van der Waals surface area contributed by atoms with E-state index in [1.807, 2.05) is 30.3 Å². The number of carbonyl (C=O) groups is 1. The van der Waals surface area contributed by atoms with Gasteiger partial charge in [0.1, 0.15) is 12.6 Å². The van der Waals surface area contributed by atoms with E-state index in [1.54, 1.807) is 12.1 Å². The van der Waals surface area contributed by atoms with Crippen LogP contribution in [0.3, 0.4) is 0 Å². The van der Waals surface area contributed by atoms with Gasteiger partial charge in [0.05, 0.1) is 4.92 Å². The fraction of sp³-hybridized carbons (Fsp3) is 0.118. The lowest BCUT2D eigenvalue weighted by molar-refractivity contribution is -0.384. The molecule has 0 unspecified atom stereocenters. The summed E-state index contributed by atoms with van der Waals surface area (Å²) in [6, 6.07) is 17.9. The van der Waals surface area contributed by atoms with Gasteiger partial charge in [-0.15, -0.1) is 0 Å². The lowest BCUT2D eigenvalue weighted by Crippen LogP contribution is -2.22. The van der Waals surface area contributed by atoms with E-state index in [0.29, 0.717) is 5.56 Å². The molecule has 1 amide bonds. The number of hydrogen-bond acceptors (Lipinski definition) is 4. The van der Waals surface area contributed by atoms with Crippen molar-refractivity contribution in [1.29, 1.82) is 0 Å². The minimum absolute atomic E-state index is 0.00158. The monoisotopic (exact) mass is 308 g/mol. The molecule has 0 saturated carbocycles. The van der Waals surface area contributed by atoms with Gasteiger partial charge in [-0.2, -0.15) is 0 Å². The van der Waals surface area contributed by atoms with Gasteiger partial charge in [-0.05, 0) is 23.6 Å². The first-order chi connectivity index (χ1) is 11.1. The second-order valence-electron chi connectivity index (χ2n) is 4.91. The topological polar surface area (TPSA) is 72.7 Å². The zero-order valence-corrected chi connectivity index (χ0v) is 12.0. The second-order valence-corrected chi connectivity index (χ2v) is 4.91. The molecule has 0 aromatic heterocycles. The summed E-state index contributed by atoms with van der Waals surface area (Å²) in [5.74, 6) is 2.84. The molecule has 3 rings (SSSR count). The third kappa shape index (κ3) is 3.14. The third-order valence-electron chi connectivity index (χ3n) is 3.46. The molecule has 1 heterocycles. The van der Waals surface area contributed by atoms with Crippen LogP contribution in [0.4, 0.5) is 10.5 Å². The van der Waals surface area contributed by atoms with Gasteiger partial charge in [-0.1, -0.05) is 30.3 Å². The van der Waals surface area contributed by atoms with Crippen LogP contribution in [-0.4, -0.2) is 22.5 Å². The maximum Gasteiger partial charge on any atom is 0.422 e. The number of cyclic esters (lactones) is 1. The smallest absolute Gasteiger partial charge is 0.422 e. The van der Waals surface area contributed by atoms with E-state index >= 15 is 0 Å². The number of rotatable bonds is 2. The number of nitro benzene ring substituents is 1. The van der Waals surface area contributed by atoms with E-state index in [1.165, 1.54) is 17.0 Å². The van der Waals surface area contributed by atoms with Crippen LogP contribution < -0.4 is 0 Å². The van der Waals surface area contributed by atoms with Gasteiger partial charge >= 0.3 is 6.09 Å². The Morgan fingerprint density at radius 3 is 2.48 bits per heavy atom. The van der Waals surface area contributed by atoms with E-state index in [0.717, 1.165) is 5.56 Å². The van der Waals surface area contributed by atoms with Crippen LogP contribution in [0.15, 0.2) is 54.6 Å². The van der Waals surface area contributed by atoms with Crippen LogP contribution in [0.2, 0.25) is 0 Å². The number of amides is 1. The largest absolute Gasteiger partial charge is 0.446 e. The van der Waals surface area contributed by atoms with Crippen molar-refractivity contribution in [3.05, 3.63) is 75.8 Å². The number of non-ortho nitro benzene ring substituents is 1. The highest BCUT2D eigenvalue weighted by Crippen LogP contribution is 2.26. The Kier molecular flexibility index (Phi) is 3.93. The van der Waals surface area contributed by atoms with Gasteiger partial charge in [0.15, 0.2) is 0 Å². The van der Waals surface area contributed by atoms with E-state index in [-0.39, 0.29) is 18.3 Å². The molecule has 0 spiro atoms. The van der Waals surface area contributed by atoms with Crippen LogP contribution in [0, 0.1) is 22.1 Å². The van der Waals surface area contributed by atoms with Gasteiger partial charge in [0.25, 0.3) is 5.69 Å². The molecule has 1 aliphatic heterocycles. The zero-order valence-electron chi connectivity index (χ0n) is 12.0.